The fourth-order valence-electron chi connectivity index (χ4n) is 4.83. The van der Waals surface area contributed by atoms with E-state index in [1.165, 1.54) is 17.3 Å². The van der Waals surface area contributed by atoms with Crippen molar-refractivity contribution in [1.29, 1.82) is 0 Å². The normalized spacial score (nSPS) is 17.2. The van der Waals surface area contributed by atoms with Crippen molar-refractivity contribution in [2.45, 2.75) is 18.8 Å². The van der Waals surface area contributed by atoms with Crippen LogP contribution in [-0.4, -0.2) is 52.4 Å². The Morgan fingerprint density at radius 1 is 0.875 bits per heavy atom. The summed E-state index contributed by atoms with van der Waals surface area (Å²) in [5.74, 6) is 3.55. The Kier molecular flexibility index (Phi) is 4.59. The summed E-state index contributed by atoms with van der Waals surface area (Å²) in [6.45, 7) is 1.82. The minimum atomic E-state index is -0.136. The second kappa shape index (κ2) is 7.74. The van der Waals surface area contributed by atoms with Gasteiger partial charge in [-0.1, -0.05) is 12.1 Å². The van der Waals surface area contributed by atoms with Crippen LogP contribution in [0.3, 0.4) is 0 Å². The smallest absolute Gasteiger partial charge is 0.346 e. The molecule has 1 aromatic heterocycles. The number of fused-ring (bicyclic) bond motifs is 2. The molecule has 6 rings (SSSR count). The van der Waals surface area contributed by atoms with Gasteiger partial charge in [0, 0.05) is 19.0 Å². The molecule has 0 radical (unpaired) electrons. The molecule has 0 aliphatic carbocycles. The van der Waals surface area contributed by atoms with Gasteiger partial charge in [0.05, 0.1) is 0 Å². The number of carbonyl (C=O) groups is 1. The molecule has 1 saturated heterocycles. The molecule has 164 valence electrons. The van der Waals surface area contributed by atoms with Crippen molar-refractivity contribution in [2.75, 3.05) is 26.7 Å². The molecule has 4 heterocycles. The molecule has 3 aromatic rings. The standard InChI is InChI=1S/C23H22N4O5/c28-23(27-12-24-11-25-27)26-7-5-15(6-8-26)22(16-1-3-18-20(9-16)31-13-29-18)17-2-4-19-21(10-17)32-14-30-19/h1-4,9-12,15,22H,5-8,13-14H2. The van der Waals surface area contributed by atoms with Gasteiger partial charge >= 0.3 is 6.03 Å². The number of piperidine rings is 1. The Balaban J connectivity index is 1.29. The molecule has 0 N–H and O–H groups in total. The largest absolute Gasteiger partial charge is 0.454 e. The average Bonchev–Trinajstić information content (AvgIpc) is 3.60. The zero-order valence-corrected chi connectivity index (χ0v) is 17.3. The number of hydrogen-bond donors (Lipinski definition) is 0. The monoisotopic (exact) mass is 434 g/mol. The number of hydrogen-bond acceptors (Lipinski definition) is 7. The molecule has 0 unspecified atom stereocenters. The summed E-state index contributed by atoms with van der Waals surface area (Å²) in [5, 5.41) is 3.97. The predicted molar refractivity (Wildman–Crippen MR) is 112 cm³/mol. The molecule has 1 fully saturated rings. The number of carbonyl (C=O) groups excluding carboxylic acids is 1. The molecule has 32 heavy (non-hydrogen) atoms. The van der Waals surface area contributed by atoms with E-state index < -0.39 is 0 Å². The van der Waals surface area contributed by atoms with E-state index in [-0.39, 0.29) is 25.5 Å². The van der Waals surface area contributed by atoms with Crippen molar-refractivity contribution >= 4 is 6.03 Å². The molecule has 9 heteroatoms. The Bertz CT molecular complexity index is 1080. The molecular weight excluding hydrogens is 412 g/mol. The molecule has 0 saturated carbocycles. The van der Waals surface area contributed by atoms with Gasteiger partial charge in [0.15, 0.2) is 23.0 Å². The van der Waals surface area contributed by atoms with Crippen LogP contribution in [0.4, 0.5) is 4.79 Å². The van der Waals surface area contributed by atoms with Crippen LogP contribution >= 0.6 is 0 Å². The third kappa shape index (κ3) is 3.30. The summed E-state index contributed by atoms with van der Waals surface area (Å²) < 4.78 is 23.6. The third-order valence-electron chi connectivity index (χ3n) is 6.41. The Morgan fingerprint density at radius 2 is 1.47 bits per heavy atom. The highest BCUT2D eigenvalue weighted by Gasteiger charge is 2.33. The van der Waals surface area contributed by atoms with Crippen LogP contribution in [0.25, 0.3) is 0 Å². The van der Waals surface area contributed by atoms with Crippen molar-refractivity contribution in [3.05, 3.63) is 60.2 Å². The van der Waals surface area contributed by atoms with Gasteiger partial charge in [0.1, 0.15) is 12.7 Å². The first-order valence-electron chi connectivity index (χ1n) is 10.7. The number of nitrogens with zero attached hydrogens (tertiary/aromatic N) is 4. The Morgan fingerprint density at radius 3 is 2.03 bits per heavy atom. The minimum Gasteiger partial charge on any atom is -0.454 e. The Labute approximate surface area is 184 Å². The summed E-state index contributed by atoms with van der Waals surface area (Å²) in [5.41, 5.74) is 2.32. The van der Waals surface area contributed by atoms with E-state index in [0.29, 0.717) is 19.0 Å². The highest BCUT2D eigenvalue weighted by atomic mass is 16.7. The first-order valence-corrected chi connectivity index (χ1v) is 10.7. The van der Waals surface area contributed by atoms with Crippen LogP contribution in [0.1, 0.15) is 29.9 Å². The van der Waals surface area contributed by atoms with Gasteiger partial charge < -0.3 is 23.8 Å². The lowest BCUT2D eigenvalue weighted by atomic mass is 9.76. The van der Waals surface area contributed by atoms with E-state index in [1.807, 2.05) is 17.0 Å². The molecule has 2 aromatic carbocycles. The van der Waals surface area contributed by atoms with Gasteiger partial charge in [0.2, 0.25) is 13.6 Å². The average molecular weight is 434 g/mol. The number of likely N-dealkylation sites (tertiary alicyclic amines) is 1. The summed E-state index contributed by atoms with van der Waals surface area (Å²) >= 11 is 0. The van der Waals surface area contributed by atoms with Gasteiger partial charge in [-0.2, -0.15) is 9.78 Å². The topological polar surface area (TPSA) is 87.9 Å². The van der Waals surface area contributed by atoms with E-state index >= 15 is 0 Å². The molecule has 3 aliphatic heterocycles. The fourth-order valence-corrected chi connectivity index (χ4v) is 4.83. The lowest BCUT2D eigenvalue weighted by Crippen LogP contribution is -2.42. The fraction of sp³-hybridized carbons (Fsp3) is 0.348. The quantitative estimate of drug-likeness (QED) is 0.625. The van der Waals surface area contributed by atoms with Gasteiger partial charge in [-0.15, -0.1) is 0 Å². The molecular formula is C23H22N4O5. The van der Waals surface area contributed by atoms with Gasteiger partial charge in [-0.3, -0.25) is 0 Å². The van der Waals surface area contributed by atoms with Gasteiger partial charge in [0.25, 0.3) is 0 Å². The molecule has 9 nitrogen and oxygen atoms in total. The summed E-state index contributed by atoms with van der Waals surface area (Å²) in [6.07, 6.45) is 4.55. The van der Waals surface area contributed by atoms with E-state index in [0.717, 1.165) is 47.0 Å². The summed E-state index contributed by atoms with van der Waals surface area (Å²) in [4.78, 5) is 18.4. The van der Waals surface area contributed by atoms with E-state index in [4.69, 9.17) is 18.9 Å². The molecule has 0 bridgehead atoms. The van der Waals surface area contributed by atoms with Crippen molar-refractivity contribution in [2.24, 2.45) is 5.92 Å². The summed E-state index contributed by atoms with van der Waals surface area (Å²) in [6, 6.07) is 12.2. The van der Waals surface area contributed by atoms with E-state index in [9.17, 15) is 4.79 Å². The van der Waals surface area contributed by atoms with Crippen LogP contribution in [0, 0.1) is 5.92 Å². The molecule has 0 atom stereocenters. The maximum atomic E-state index is 12.7. The number of aromatic nitrogens is 3. The van der Waals surface area contributed by atoms with E-state index in [2.05, 4.69) is 34.3 Å². The summed E-state index contributed by atoms with van der Waals surface area (Å²) in [7, 11) is 0. The second-order valence-electron chi connectivity index (χ2n) is 8.15. The number of benzene rings is 2. The van der Waals surface area contributed by atoms with E-state index in [1.54, 1.807) is 0 Å². The second-order valence-corrected chi connectivity index (χ2v) is 8.15. The Hall–Kier alpha value is -3.75. The SMILES string of the molecule is O=C(N1CCC(C(c2ccc3c(c2)OCO3)c2ccc3c(c2)OCO3)CC1)n1cncn1. The van der Waals surface area contributed by atoms with Gasteiger partial charge in [-0.05, 0) is 54.2 Å². The van der Waals surface area contributed by atoms with Crippen LogP contribution in [0.2, 0.25) is 0 Å². The predicted octanol–water partition coefficient (Wildman–Crippen LogP) is 3.25. The first kappa shape index (κ1) is 19.0. The zero-order chi connectivity index (χ0) is 21.5. The molecule has 3 aliphatic rings. The van der Waals surface area contributed by atoms with Crippen LogP contribution in [0.5, 0.6) is 23.0 Å². The van der Waals surface area contributed by atoms with Crippen molar-refractivity contribution in [3.8, 4) is 23.0 Å². The van der Waals surface area contributed by atoms with Crippen molar-refractivity contribution in [1.82, 2.24) is 19.7 Å². The van der Waals surface area contributed by atoms with Crippen LogP contribution < -0.4 is 18.9 Å². The maximum Gasteiger partial charge on any atom is 0.346 e. The third-order valence-corrected chi connectivity index (χ3v) is 6.41. The first-order chi connectivity index (χ1) is 15.8. The lowest BCUT2D eigenvalue weighted by molar-refractivity contribution is 0.164. The number of amides is 1. The van der Waals surface area contributed by atoms with Crippen LogP contribution in [-0.2, 0) is 0 Å². The van der Waals surface area contributed by atoms with Crippen molar-refractivity contribution < 1.29 is 23.7 Å². The number of rotatable bonds is 3. The molecule has 0 spiro atoms. The lowest BCUT2D eigenvalue weighted by Gasteiger charge is -2.36. The van der Waals surface area contributed by atoms with Crippen LogP contribution in [0.15, 0.2) is 49.1 Å². The zero-order valence-electron chi connectivity index (χ0n) is 17.3. The maximum absolute atomic E-state index is 12.7. The van der Waals surface area contributed by atoms with Crippen molar-refractivity contribution in [3.63, 3.8) is 0 Å². The highest BCUT2D eigenvalue weighted by Crippen LogP contribution is 2.44. The molecule has 1 amide bonds. The minimum absolute atomic E-state index is 0.127. The van der Waals surface area contributed by atoms with Gasteiger partial charge in [-0.25, -0.2) is 9.78 Å². The highest BCUT2D eigenvalue weighted by molar-refractivity contribution is 5.75. The number of ether oxygens (including phenoxy) is 4.